The Balaban J connectivity index is 2.51. The van der Waals surface area contributed by atoms with Crippen molar-refractivity contribution >= 4 is 8.07 Å². The highest BCUT2D eigenvalue weighted by atomic mass is 28.3. The number of hydrogen-bond acceptors (Lipinski definition) is 3. The molecule has 0 amide bonds. The third-order valence-electron chi connectivity index (χ3n) is 5.74. The smallest absolute Gasteiger partial charge is 0.147 e. The third kappa shape index (κ3) is 6.60. The van der Waals surface area contributed by atoms with Gasteiger partial charge in [-0.2, -0.15) is 0 Å². The van der Waals surface area contributed by atoms with E-state index in [1.165, 1.54) is 0 Å². The second kappa shape index (κ2) is 11.9. The molecule has 0 N–H and O–H groups in total. The van der Waals surface area contributed by atoms with Crippen molar-refractivity contribution in [3.8, 4) is 11.5 Å². The van der Waals surface area contributed by atoms with Crippen LogP contribution in [0.5, 0.6) is 0 Å². The van der Waals surface area contributed by atoms with Gasteiger partial charge in [-0.05, 0) is 29.5 Å². The van der Waals surface area contributed by atoms with Crippen LogP contribution in [0.3, 0.4) is 0 Å². The Morgan fingerprint density at radius 1 is 1.11 bits per heavy atom. The first kappa shape index (κ1) is 24.2. The molecule has 0 saturated heterocycles. The van der Waals surface area contributed by atoms with Gasteiger partial charge in [0.2, 0.25) is 0 Å². The summed E-state index contributed by atoms with van der Waals surface area (Å²) in [5.74, 6) is 3.54. The number of unbranched alkanes of at least 4 members (excludes halogenated alkanes) is 1. The summed E-state index contributed by atoms with van der Waals surface area (Å²) in [5, 5.41) is 0. The SMILES string of the molecule is C=C[C@H](OCOC)[C@@H]1C=C[C@@H](CCCC#C[Si](C(C)C)(C(C)C)C(C)C)O1. The maximum Gasteiger partial charge on any atom is 0.147 e. The van der Waals surface area contributed by atoms with Crippen LogP contribution in [0.4, 0.5) is 0 Å². The molecule has 0 spiro atoms. The monoisotopic (exact) mass is 392 g/mol. The van der Waals surface area contributed by atoms with Gasteiger partial charge in [-0.1, -0.05) is 59.8 Å². The van der Waals surface area contributed by atoms with Crippen LogP contribution in [0, 0.1) is 11.5 Å². The van der Waals surface area contributed by atoms with E-state index in [0.717, 1.165) is 19.3 Å². The average Bonchev–Trinajstić information content (AvgIpc) is 3.06. The summed E-state index contributed by atoms with van der Waals surface area (Å²) in [4.78, 5) is 0. The zero-order valence-corrected chi connectivity index (χ0v) is 19.5. The summed E-state index contributed by atoms with van der Waals surface area (Å²) in [6.45, 7) is 18.2. The summed E-state index contributed by atoms with van der Waals surface area (Å²) in [7, 11) is 0.0173. The zero-order valence-electron chi connectivity index (χ0n) is 18.5. The first-order chi connectivity index (χ1) is 12.8. The van der Waals surface area contributed by atoms with Crippen LogP contribution in [0.2, 0.25) is 16.6 Å². The van der Waals surface area contributed by atoms with Gasteiger partial charge in [-0.3, -0.25) is 0 Å². The van der Waals surface area contributed by atoms with Crippen molar-refractivity contribution in [1.82, 2.24) is 0 Å². The molecule has 0 saturated carbocycles. The Labute approximate surface area is 168 Å². The summed E-state index contributed by atoms with van der Waals surface area (Å²) < 4.78 is 16.6. The molecule has 0 fully saturated rings. The lowest BCUT2D eigenvalue weighted by molar-refractivity contribution is -0.101. The minimum absolute atomic E-state index is 0.0726. The van der Waals surface area contributed by atoms with Crippen molar-refractivity contribution in [2.45, 2.75) is 95.7 Å². The van der Waals surface area contributed by atoms with Crippen LogP contribution >= 0.6 is 0 Å². The van der Waals surface area contributed by atoms with Crippen LogP contribution in [0.25, 0.3) is 0 Å². The highest BCUT2D eigenvalue weighted by molar-refractivity contribution is 6.90. The van der Waals surface area contributed by atoms with E-state index in [-0.39, 0.29) is 25.1 Å². The molecule has 0 aliphatic carbocycles. The van der Waals surface area contributed by atoms with Crippen LogP contribution in [-0.4, -0.2) is 40.3 Å². The van der Waals surface area contributed by atoms with Gasteiger partial charge in [-0.25, -0.2) is 0 Å². The number of ether oxygens (including phenoxy) is 3. The van der Waals surface area contributed by atoms with Gasteiger partial charge in [0, 0.05) is 13.5 Å². The normalized spacial score (nSPS) is 21.0. The zero-order chi connectivity index (χ0) is 20.4. The molecule has 154 valence electrons. The predicted octanol–water partition coefficient (Wildman–Crippen LogP) is 5.88. The van der Waals surface area contributed by atoms with Crippen molar-refractivity contribution in [2.24, 2.45) is 0 Å². The lowest BCUT2D eigenvalue weighted by Gasteiger charge is -2.38. The maximum atomic E-state index is 6.07. The van der Waals surface area contributed by atoms with Crippen molar-refractivity contribution in [2.75, 3.05) is 13.9 Å². The largest absolute Gasteiger partial charge is 0.364 e. The molecule has 0 aromatic rings. The van der Waals surface area contributed by atoms with Crippen molar-refractivity contribution in [3.05, 3.63) is 24.8 Å². The van der Waals surface area contributed by atoms with Crippen LogP contribution in [-0.2, 0) is 14.2 Å². The van der Waals surface area contributed by atoms with Gasteiger partial charge in [-0.15, -0.1) is 18.0 Å². The van der Waals surface area contributed by atoms with E-state index in [4.69, 9.17) is 14.2 Å². The van der Waals surface area contributed by atoms with Gasteiger partial charge < -0.3 is 14.2 Å². The fourth-order valence-electron chi connectivity index (χ4n) is 4.36. The number of hydrogen-bond donors (Lipinski definition) is 0. The molecule has 3 nitrogen and oxygen atoms in total. The summed E-state index contributed by atoms with van der Waals surface area (Å²) in [6.07, 6.45) is 8.90. The molecule has 1 aliphatic rings. The Morgan fingerprint density at radius 3 is 2.26 bits per heavy atom. The Kier molecular flexibility index (Phi) is 10.6. The fraction of sp³-hybridized carbons (Fsp3) is 0.739. The molecule has 0 radical (unpaired) electrons. The van der Waals surface area contributed by atoms with E-state index in [9.17, 15) is 0 Å². The number of methoxy groups -OCH3 is 1. The quantitative estimate of drug-likeness (QED) is 0.144. The van der Waals surface area contributed by atoms with Gasteiger partial charge in [0.15, 0.2) is 0 Å². The molecular weight excluding hydrogens is 352 g/mol. The number of rotatable bonds is 11. The lowest BCUT2D eigenvalue weighted by atomic mass is 10.1. The highest BCUT2D eigenvalue weighted by Crippen LogP contribution is 2.40. The minimum Gasteiger partial charge on any atom is -0.364 e. The maximum absolute atomic E-state index is 6.07. The second-order valence-corrected chi connectivity index (χ2v) is 14.0. The lowest BCUT2D eigenvalue weighted by Crippen LogP contribution is -2.43. The average molecular weight is 393 g/mol. The van der Waals surface area contributed by atoms with E-state index in [1.54, 1.807) is 13.2 Å². The van der Waals surface area contributed by atoms with E-state index in [2.05, 4.69) is 71.7 Å². The Hall–Kier alpha value is -0.863. The molecular formula is C23H40O3Si. The van der Waals surface area contributed by atoms with Gasteiger partial charge in [0.05, 0.1) is 6.10 Å². The summed E-state index contributed by atoms with van der Waals surface area (Å²) in [5.41, 5.74) is 5.87. The molecule has 0 bridgehead atoms. The molecule has 1 rings (SSSR count). The molecule has 1 heterocycles. The van der Waals surface area contributed by atoms with Crippen LogP contribution in [0.1, 0.15) is 60.8 Å². The highest BCUT2D eigenvalue weighted by Gasteiger charge is 2.41. The van der Waals surface area contributed by atoms with E-state index in [0.29, 0.717) is 16.6 Å². The van der Waals surface area contributed by atoms with E-state index in [1.807, 2.05) is 0 Å². The molecule has 1 aliphatic heterocycles. The van der Waals surface area contributed by atoms with Crippen LogP contribution in [0.15, 0.2) is 24.8 Å². The minimum atomic E-state index is -1.60. The predicted molar refractivity (Wildman–Crippen MR) is 117 cm³/mol. The summed E-state index contributed by atoms with van der Waals surface area (Å²) >= 11 is 0. The Bertz CT molecular complexity index is 506. The van der Waals surface area contributed by atoms with Crippen molar-refractivity contribution in [3.63, 3.8) is 0 Å². The van der Waals surface area contributed by atoms with E-state index < -0.39 is 8.07 Å². The summed E-state index contributed by atoms with van der Waals surface area (Å²) in [6, 6.07) is 0. The molecule has 3 atom stereocenters. The van der Waals surface area contributed by atoms with Gasteiger partial charge in [0.1, 0.15) is 27.1 Å². The molecule has 4 heteroatoms. The van der Waals surface area contributed by atoms with Crippen molar-refractivity contribution < 1.29 is 14.2 Å². The standard InChI is InChI=1S/C23H40O3Si/c1-9-22(25-17-24-8)23-15-14-21(26-23)13-11-10-12-16-27(18(2)3,19(4)5)20(6)7/h9,14-15,18-23H,1,10-11,13,17H2,2-8H3/t21-,22+,23+/m1/s1. The topological polar surface area (TPSA) is 27.7 Å². The molecule has 0 unspecified atom stereocenters. The van der Waals surface area contributed by atoms with Gasteiger partial charge >= 0.3 is 0 Å². The fourth-order valence-corrected chi connectivity index (χ4v) is 9.66. The first-order valence-corrected chi connectivity index (χ1v) is 12.6. The van der Waals surface area contributed by atoms with Crippen LogP contribution < -0.4 is 0 Å². The third-order valence-corrected chi connectivity index (χ3v) is 12.1. The molecule has 0 aromatic heterocycles. The first-order valence-electron chi connectivity index (χ1n) is 10.4. The van der Waals surface area contributed by atoms with Gasteiger partial charge in [0.25, 0.3) is 0 Å². The second-order valence-electron chi connectivity index (χ2n) is 8.39. The van der Waals surface area contributed by atoms with Crippen molar-refractivity contribution in [1.29, 1.82) is 0 Å². The molecule has 0 aromatic carbocycles. The van der Waals surface area contributed by atoms with E-state index >= 15 is 0 Å². The Morgan fingerprint density at radius 2 is 1.74 bits per heavy atom. The molecule has 27 heavy (non-hydrogen) atoms.